The van der Waals surface area contributed by atoms with Crippen LogP contribution in [0.4, 0.5) is 0 Å². The highest BCUT2D eigenvalue weighted by Gasteiger charge is 2.54. The second-order valence-corrected chi connectivity index (χ2v) is 15.1. The van der Waals surface area contributed by atoms with E-state index in [0.717, 1.165) is 0 Å². The fraction of sp³-hybridized carbons (Fsp3) is 1.00. The van der Waals surface area contributed by atoms with Crippen LogP contribution in [0.3, 0.4) is 0 Å². The third-order valence-electron chi connectivity index (χ3n) is 3.74. The Kier molecular flexibility index (Phi) is 4.45. The average molecular weight is 263 g/mol. The molecule has 0 radical (unpaired) electrons. The first-order chi connectivity index (χ1) is 6.62. The first-order valence-electron chi connectivity index (χ1n) is 6.31. The largest absolute Gasteiger partial charge is 0.166 e. The van der Waals surface area contributed by atoms with Gasteiger partial charge in [0.25, 0.3) is 0 Å². The van der Waals surface area contributed by atoms with E-state index in [4.69, 9.17) is 11.1 Å². The lowest BCUT2D eigenvalue weighted by atomic mass is 9.76. The van der Waals surface area contributed by atoms with Crippen molar-refractivity contribution in [3.63, 3.8) is 0 Å². The summed E-state index contributed by atoms with van der Waals surface area (Å²) in [5.74, 6) is 0. The molecule has 0 spiro atoms. The second-order valence-electron chi connectivity index (χ2n) is 8.49. The molecule has 0 saturated carbocycles. The van der Waals surface area contributed by atoms with Gasteiger partial charge in [-0.2, -0.15) is 11.1 Å². The van der Waals surface area contributed by atoms with Crippen molar-refractivity contribution in [3.05, 3.63) is 0 Å². The third-order valence-corrected chi connectivity index (χ3v) is 11.8. The Bertz CT molecular complexity index is 221. The molecule has 0 aromatic heterocycles. The van der Waals surface area contributed by atoms with Gasteiger partial charge in [-0.3, -0.25) is 0 Å². The number of halogens is 1. The predicted molar refractivity (Wildman–Crippen MR) is 79.8 cm³/mol. The van der Waals surface area contributed by atoms with Crippen molar-refractivity contribution in [2.45, 2.75) is 79.4 Å². The Balaban J connectivity index is 5.57. The van der Waals surface area contributed by atoms with Gasteiger partial charge in [-0.25, -0.2) is 0 Å². The fourth-order valence-corrected chi connectivity index (χ4v) is 9.44. The van der Waals surface area contributed by atoms with Crippen LogP contribution >= 0.6 is 11.1 Å². The molecule has 0 heterocycles. The van der Waals surface area contributed by atoms with Gasteiger partial charge in [0.05, 0.1) is 0 Å². The lowest BCUT2D eigenvalue weighted by molar-refractivity contribution is 0.223. The monoisotopic (exact) mass is 262 g/mol. The highest BCUT2D eigenvalue weighted by atomic mass is 35.6. The zero-order valence-electron chi connectivity index (χ0n) is 13.0. The minimum absolute atomic E-state index is 0.236. The summed E-state index contributed by atoms with van der Waals surface area (Å²) >= 11 is 7.09. The molecular weight excluding hydrogens is 232 g/mol. The van der Waals surface area contributed by atoms with Gasteiger partial charge in [0.15, 0.2) is 7.38 Å². The number of rotatable bonds is 1. The maximum atomic E-state index is 7.09. The molecule has 0 aliphatic carbocycles. The molecule has 0 bridgehead atoms. The molecule has 2 heteroatoms. The van der Waals surface area contributed by atoms with Crippen molar-refractivity contribution in [2.75, 3.05) is 0 Å². The van der Waals surface area contributed by atoms with E-state index in [2.05, 4.69) is 68.9 Å². The topological polar surface area (TPSA) is 0 Å². The van der Waals surface area contributed by atoms with E-state index < -0.39 is 7.38 Å². The van der Waals surface area contributed by atoms with Crippen LogP contribution in [-0.4, -0.2) is 7.38 Å². The summed E-state index contributed by atoms with van der Waals surface area (Å²) in [6.45, 7) is 23.3. The molecule has 1 atom stereocenters. The summed E-state index contributed by atoms with van der Waals surface area (Å²) in [6.07, 6.45) is 0. The Morgan fingerprint density at radius 1 is 0.750 bits per heavy atom. The maximum absolute atomic E-state index is 7.09. The van der Waals surface area contributed by atoms with Gasteiger partial charge in [-0.1, -0.05) is 68.9 Å². The summed E-state index contributed by atoms with van der Waals surface area (Å²) in [5.41, 5.74) is 1.14. The van der Waals surface area contributed by atoms with E-state index in [1.165, 1.54) is 0 Å². The summed E-state index contributed by atoms with van der Waals surface area (Å²) < 4.78 is 0. The lowest BCUT2D eigenvalue weighted by Gasteiger charge is -2.52. The summed E-state index contributed by atoms with van der Waals surface area (Å²) in [5, 5.41) is 0.236. The predicted octanol–water partition coefficient (Wildman–Crippen LogP) is 6.06. The van der Waals surface area contributed by atoms with Crippen LogP contribution in [0.1, 0.15) is 62.3 Å². The number of hydrogen-bond donors (Lipinski definition) is 0. The molecular formula is C14H31ClSi. The molecule has 0 nitrogen and oxygen atoms in total. The summed E-state index contributed by atoms with van der Waals surface area (Å²) in [6, 6.07) is 0. The molecule has 16 heavy (non-hydrogen) atoms. The minimum atomic E-state index is -1.83. The van der Waals surface area contributed by atoms with Crippen molar-refractivity contribution in [1.29, 1.82) is 0 Å². The van der Waals surface area contributed by atoms with Gasteiger partial charge in [-0.05, 0) is 21.4 Å². The van der Waals surface area contributed by atoms with Crippen LogP contribution in [0.25, 0.3) is 0 Å². The third kappa shape index (κ3) is 3.50. The Hall–Kier alpha value is 0.507. The molecule has 0 aliphatic rings. The van der Waals surface area contributed by atoms with Crippen molar-refractivity contribution < 1.29 is 0 Å². The molecule has 0 saturated heterocycles. The van der Waals surface area contributed by atoms with Crippen LogP contribution in [0.2, 0.25) is 17.1 Å². The van der Waals surface area contributed by atoms with Crippen LogP contribution < -0.4 is 0 Å². The summed E-state index contributed by atoms with van der Waals surface area (Å²) in [4.78, 5) is 0. The summed E-state index contributed by atoms with van der Waals surface area (Å²) in [7, 11) is -1.83. The lowest BCUT2D eigenvalue weighted by Crippen LogP contribution is -2.50. The smallest absolute Gasteiger partial charge is 0.162 e. The van der Waals surface area contributed by atoms with E-state index >= 15 is 0 Å². The van der Waals surface area contributed by atoms with E-state index in [-0.39, 0.29) is 15.9 Å². The standard InChI is InChI=1S/C14H31ClSi/c1-12(2,3)11(13(4,5)6)16(10,15)14(7,8)9/h11H,1-10H3. The Labute approximate surface area is 109 Å². The van der Waals surface area contributed by atoms with Crippen LogP contribution in [-0.2, 0) is 0 Å². The molecule has 0 N–H and O–H groups in total. The van der Waals surface area contributed by atoms with Crippen molar-refractivity contribution in [1.82, 2.24) is 0 Å². The van der Waals surface area contributed by atoms with Gasteiger partial charge >= 0.3 is 0 Å². The number of hydrogen-bond acceptors (Lipinski definition) is 0. The zero-order chi connectivity index (χ0) is 13.6. The van der Waals surface area contributed by atoms with Gasteiger partial charge in [-0.15, -0.1) is 0 Å². The normalized spacial score (nSPS) is 18.8. The first-order valence-corrected chi connectivity index (χ1v) is 9.89. The van der Waals surface area contributed by atoms with Gasteiger partial charge < -0.3 is 0 Å². The highest BCUT2D eigenvalue weighted by Crippen LogP contribution is 2.59. The molecule has 0 aromatic carbocycles. The minimum Gasteiger partial charge on any atom is -0.166 e. The molecule has 1 unspecified atom stereocenters. The van der Waals surface area contributed by atoms with Crippen LogP contribution in [0.15, 0.2) is 0 Å². The quantitative estimate of drug-likeness (QED) is 0.398. The van der Waals surface area contributed by atoms with E-state index in [1.54, 1.807) is 0 Å². The molecule has 0 aromatic rings. The van der Waals surface area contributed by atoms with E-state index in [9.17, 15) is 0 Å². The Morgan fingerprint density at radius 2 is 1.00 bits per heavy atom. The van der Waals surface area contributed by atoms with E-state index in [0.29, 0.717) is 5.54 Å². The van der Waals surface area contributed by atoms with Crippen LogP contribution in [0, 0.1) is 10.8 Å². The second kappa shape index (κ2) is 4.31. The molecule has 0 rings (SSSR count). The maximum Gasteiger partial charge on any atom is 0.162 e. The zero-order valence-corrected chi connectivity index (χ0v) is 14.7. The molecule has 0 aliphatic heterocycles. The van der Waals surface area contributed by atoms with Crippen molar-refractivity contribution >= 4 is 18.5 Å². The van der Waals surface area contributed by atoms with E-state index in [1.807, 2.05) is 0 Å². The van der Waals surface area contributed by atoms with Crippen molar-refractivity contribution in [2.24, 2.45) is 10.8 Å². The molecule has 0 amide bonds. The van der Waals surface area contributed by atoms with Gasteiger partial charge in [0.2, 0.25) is 0 Å². The molecule has 0 fully saturated rings. The highest BCUT2D eigenvalue weighted by molar-refractivity contribution is 7.22. The first kappa shape index (κ1) is 16.5. The Morgan fingerprint density at radius 3 is 1.06 bits per heavy atom. The van der Waals surface area contributed by atoms with Gasteiger partial charge in [0, 0.05) is 0 Å². The fourth-order valence-electron chi connectivity index (χ4n) is 3.36. The molecule has 98 valence electrons. The van der Waals surface area contributed by atoms with Crippen LogP contribution in [0.5, 0.6) is 0 Å². The van der Waals surface area contributed by atoms with Gasteiger partial charge in [0.1, 0.15) is 0 Å². The van der Waals surface area contributed by atoms with Crippen molar-refractivity contribution in [3.8, 4) is 0 Å². The average Bonchev–Trinajstić information content (AvgIpc) is 1.72. The SMILES string of the molecule is CC(C)(C)C(C(C)(C)C)[Si](C)(Cl)C(C)(C)C.